The van der Waals surface area contributed by atoms with E-state index in [2.05, 4.69) is 15.9 Å². The van der Waals surface area contributed by atoms with E-state index in [1.807, 2.05) is 0 Å². The fourth-order valence-electron chi connectivity index (χ4n) is 2.47. The molecular weight excluding hydrogens is 382 g/mol. The fraction of sp³-hybridized carbons (Fsp3) is 0.462. The minimum atomic E-state index is -3.71. The molecule has 1 fully saturated rings. The van der Waals surface area contributed by atoms with E-state index in [0.717, 1.165) is 12.8 Å². The first-order valence-corrected chi connectivity index (χ1v) is 9.12. The van der Waals surface area contributed by atoms with Crippen molar-refractivity contribution < 1.29 is 18.3 Å². The lowest BCUT2D eigenvalue weighted by Crippen LogP contribution is -2.44. The van der Waals surface area contributed by atoms with Gasteiger partial charge in [0.25, 0.3) is 0 Å². The van der Waals surface area contributed by atoms with Crippen LogP contribution in [0.2, 0.25) is 5.02 Å². The Morgan fingerprint density at radius 3 is 2.76 bits per heavy atom. The molecule has 1 aliphatic rings. The zero-order valence-corrected chi connectivity index (χ0v) is 14.3. The van der Waals surface area contributed by atoms with Crippen LogP contribution >= 0.6 is 27.5 Å². The van der Waals surface area contributed by atoms with Gasteiger partial charge in [0.2, 0.25) is 10.0 Å². The van der Waals surface area contributed by atoms with E-state index in [0.29, 0.717) is 22.5 Å². The molecule has 0 saturated carbocycles. The minimum absolute atomic E-state index is 0.121. The lowest BCUT2D eigenvalue weighted by atomic mass is 10.0. The number of hydrogen-bond acceptors (Lipinski definition) is 3. The Hall–Kier alpha value is -0.630. The summed E-state index contributed by atoms with van der Waals surface area (Å²) in [4.78, 5) is 11.1. The molecule has 0 amide bonds. The van der Waals surface area contributed by atoms with Crippen LogP contribution < -0.4 is 0 Å². The highest BCUT2D eigenvalue weighted by Crippen LogP contribution is 2.30. The van der Waals surface area contributed by atoms with E-state index in [-0.39, 0.29) is 11.3 Å². The number of carboxylic acids is 1. The lowest BCUT2D eigenvalue weighted by molar-refractivity contribution is -0.138. The van der Waals surface area contributed by atoms with Crippen LogP contribution in [0.1, 0.15) is 25.7 Å². The predicted molar refractivity (Wildman–Crippen MR) is 82.9 cm³/mol. The van der Waals surface area contributed by atoms with Crippen LogP contribution in [0, 0.1) is 0 Å². The molecule has 1 aromatic carbocycles. The van der Waals surface area contributed by atoms with E-state index in [4.69, 9.17) is 16.7 Å². The number of halogens is 2. The molecular formula is C13H15BrClNO4S. The lowest BCUT2D eigenvalue weighted by Gasteiger charge is -2.33. The molecule has 0 spiro atoms. The standard InChI is InChI=1S/C13H15BrClNO4S/c14-11-8-10(4-5-12(11)15)21(19,20)16-6-2-1-3-9(16)7-13(17)18/h4-5,8-9H,1-3,6-7H2,(H,17,18). The first-order chi connectivity index (χ1) is 9.82. The quantitative estimate of drug-likeness (QED) is 0.848. The summed E-state index contributed by atoms with van der Waals surface area (Å²) in [7, 11) is -3.71. The van der Waals surface area contributed by atoms with Crippen molar-refractivity contribution in [2.75, 3.05) is 6.54 Å². The molecule has 0 aliphatic carbocycles. The first kappa shape index (κ1) is 16.7. The monoisotopic (exact) mass is 395 g/mol. The van der Waals surface area contributed by atoms with Gasteiger partial charge in [-0.1, -0.05) is 18.0 Å². The van der Waals surface area contributed by atoms with Crippen molar-refractivity contribution in [1.82, 2.24) is 4.31 Å². The van der Waals surface area contributed by atoms with Gasteiger partial charge in [-0.3, -0.25) is 4.79 Å². The summed E-state index contributed by atoms with van der Waals surface area (Å²) in [5.41, 5.74) is 0. The molecule has 2 rings (SSSR count). The fourth-order valence-corrected chi connectivity index (χ4v) is 4.84. The molecule has 1 aliphatic heterocycles. The van der Waals surface area contributed by atoms with Gasteiger partial charge in [-0.25, -0.2) is 8.42 Å². The number of hydrogen-bond donors (Lipinski definition) is 1. The van der Waals surface area contributed by atoms with Gasteiger partial charge in [-0.15, -0.1) is 0 Å². The molecule has 1 atom stereocenters. The summed E-state index contributed by atoms with van der Waals surface area (Å²) < 4.78 is 27.2. The summed E-state index contributed by atoms with van der Waals surface area (Å²) in [5, 5.41) is 9.38. The number of piperidine rings is 1. The smallest absolute Gasteiger partial charge is 0.304 e. The molecule has 0 radical (unpaired) electrons. The van der Waals surface area contributed by atoms with Crippen LogP contribution in [0.25, 0.3) is 0 Å². The Morgan fingerprint density at radius 2 is 2.14 bits per heavy atom. The number of nitrogens with zero attached hydrogens (tertiary/aromatic N) is 1. The van der Waals surface area contributed by atoms with Crippen molar-refractivity contribution in [3.63, 3.8) is 0 Å². The van der Waals surface area contributed by atoms with Gasteiger partial charge in [0.1, 0.15) is 0 Å². The maximum atomic E-state index is 12.7. The van der Waals surface area contributed by atoms with E-state index < -0.39 is 22.0 Å². The van der Waals surface area contributed by atoms with Crippen molar-refractivity contribution in [2.45, 2.75) is 36.6 Å². The van der Waals surface area contributed by atoms with Gasteiger partial charge in [0.15, 0.2) is 0 Å². The molecule has 21 heavy (non-hydrogen) atoms. The maximum Gasteiger partial charge on any atom is 0.304 e. The Balaban J connectivity index is 2.35. The number of carbonyl (C=O) groups is 1. The Labute approximate surface area is 137 Å². The zero-order chi connectivity index (χ0) is 15.6. The molecule has 0 aromatic heterocycles. The normalized spacial score (nSPS) is 20.4. The van der Waals surface area contributed by atoms with Gasteiger partial charge in [-0.05, 0) is 47.0 Å². The van der Waals surface area contributed by atoms with E-state index in [1.54, 1.807) is 0 Å². The van der Waals surface area contributed by atoms with Crippen molar-refractivity contribution in [2.24, 2.45) is 0 Å². The van der Waals surface area contributed by atoms with Gasteiger partial charge < -0.3 is 5.11 Å². The third-order valence-corrected chi connectivity index (χ3v) is 6.64. The van der Waals surface area contributed by atoms with Crippen molar-refractivity contribution >= 4 is 43.5 Å². The minimum Gasteiger partial charge on any atom is -0.481 e. The molecule has 5 nitrogen and oxygen atoms in total. The molecule has 0 bridgehead atoms. The van der Waals surface area contributed by atoms with Crippen molar-refractivity contribution in [1.29, 1.82) is 0 Å². The zero-order valence-electron chi connectivity index (χ0n) is 11.1. The number of benzene rings is 1. The van der Waals surface area contributed by atoms with Gasteiger partial charge in [0, 0.05) is 17.1 Å². The van der Waals surface area contributed by atoms with Gasteiger partial charge in [-0.2, -0.15) is 4.31 Å². The van der Waals surface area contributed by atoms with Crippen LogP contribution in [-0.2, 0) is 14.8 Å². The van der Waals surface area contributed by atoms with Gasteiger partial charge >= 0.3 is 5.97 Å². The summed E-state index contributed by atoms with van der Waals surface area (Å²) in [6, 6.07) is 3.91. The van der Waals surface area contributed by atoms with Crippen LogP contribution in [0.4, 0.5) is 0 Å². The maximum absolute atomic E-state index is 12.7. The van der Waals surface area contributed by atoms with Crippen LogP contribution in [0.15, 0.2) is 27.6 Å². The highest BCUT2D eigenvalue weighted by molar-refractivity contribution is 9.10. The Morgan fingerprint density at radius 1 is 1.43 bits per heavy atom. The van der Waals surface area contributed by atoms with Crippen LogP contribution in [0.5, 0.6) is 0 Å². The molecule has 1 N–H and O–H groups in total. The number of carboxylic acid groups (broad SMARTS) is 1. The third-order valence-electron chi connectivity index (χ3n) is 3.48. The summed E-state index contributed by atoms with van der Waals surface area (Å²) in [6.07, 6.45) is 1.98. The van der Waals surface area contributed by atoms with Crippen molar-refractivity contribution in [3.8, 4) is 0 Å². The van der Waals surface area contributed by atoms with E-state index in [1.165, 1.54) is 22.5 Å². The molecule has 1 saturated heterocycles. The molecule has 116 valence electrons. The second kappa shape index (κ2) is 6.64. The largest absolute Gasteiger partial charge is 0.481 e. The molecule has 8 heteroatoms. The third kappa shape index (κ3) is 3.77. The summed E-state index contributed by atoms with van der Waals surface area (Å²) >= 11 is 9.09. The first-order valence-electron chi connectivity index (χ1n) is 6.51. The van der Waals surface area contributed by atoms with E-state index >= 15 is 0 Å². The highest BCUT2D eigenvalue weighted by Gasteiger charge is 2.34. The number of rotatable bonds is 4. The second-order valence-corrected chi connectivity index (χ2v) is 8.09. The average molecular weight is 397 g/mol. The molecule has 1 aromatic rings. The van der Waals surface area contributed by atoms with E-state index in [9.17, 15) is 13.2 Å². The topological polar surface area (TPSA) is 74.7 Å². The Kier molecular flexibility index (Phi) is 5.29. The average Bonchev–Trinajstić information content (AvgIpc) is 2.41. The number of aliphatic carboxylic acids is 1. The van der Waals surface area contributed by atoms with Crippen molar-refractivity contribution in [3.05, 3.63) is 27.7 Å². The van der Waals surface area contributed by atoms with Gasteiger partial charge in [0.05, 0.1) is 16.3 Å². The SMILES string of the molecule is O=C(O)CC1CCCCN1S(=O)(=O)c1ccc(Cl)c(Br)c1. The number of sulfonamides is 1. The van der Waals surface area contributed by atoms with Crippen LogP contribution in [-0.4, -0.2) is 36.4 Å². The summed E-state index contributed by atoms with van der Waals surface area (Å²) in [6.45, 7) is 0.348. The summed E-state index contributed by atoms with van der Waals surface area (Å²) in [5.74, 6) is -0.987. The highest BCUT2D eigenvalue weighted by atomic mass is 79.9. The second-order valence-electron chi connectivity index (χ2n) is 4.94. The predicted octanol–water partition coefficient (Wildman–Crippen LogP) is 3.12. The van der Waals surface area contributed by atoms with Crippen LogP contribution in [0.3, 0.4) is 0 Å². The molecule has 1 unspecified atom stereocenters. The Bertz CT molecular complexity index is 650. The molecule has 1 heterocycles.